The average Bonchev–Trinajstić information content (AvgIpc) is 3.22. The van der Waals surface area contributed by atoms with E-state index in [1.54, 1.807) is 0 Å². The Morgan fingerprint density at radius 1 is 1.07 bits per heavy atom. The number of carboxylic acid groups (broad SMARTS) is 1. The zero-order chi connectivity index (χ0) is 22.7. The lowest BCUT2D eigenvalue weighted by atomic mass is 10.0. The van der Waals surface area contributed by atoms with Crippen molar-refractivity contribution < 1.29 is 29.4 Å². The van der Waals surface area contributed by atoms with Crippen molar-refractivity contribution in [1.82, 2.24) is 21.3 Å². The Bertz CT molecular complexity index is 598. The fourth-order valence-electron chi connectivity index (χ4n) is 3.12. The zero-order valence-electron chi connectivity index (χ0n) is 17.8. The van der Waals surface area contributed by atoms with Crippen LogP contribution in [0.1, 0.15) is 39.5 Å². The number of carbonyl (C=O) groups is 4. The normalized spacial score (nSPS) is 19.0. The first-order valence-corrected chi connectivity index (χ1v) is 11.6. The number of aliphatic carboxylic acids is 1. The summed E-state index contributed by atoms with van der Waals surface area (Å²) in [7, 11) is 0. The molecule has 1 aliphatic rings. The number of amides is 3. The predicted octanol–water partition coefficient (Wildman–Crippen LogP) is -0.931. The van der Waals surface area contributed by atoms with Gasteiger partial charge >= 0.3 is 5.97 Å². The Hall–Kier alpha value is -1.85. The van der Waals surface area contributed by atoms with Crippen molar-refractivity contribution in [2.45, 2.75) is 63.7 Å². The van der Waals surface area contributed by atoms with Crippen molar-refractivity contribution >= 4 is 35.5 Å². The van der Waals surface area contributed by atoms with Crippen LogP contribution < -0.4 is 21.3 Å². The highest BCUT2D eigenvalue weighted by Gasteiger charge is 2.31. The zero-order valence-corrected chi connectivity index (χ0v) is 18.6. The number of aliphatic hydroxyl groups is 1. The molecule has 1 fully saturated rings. The molecule has 1 aliphatic heterocycles. The van der Waals surface area contributed by atoms with Gasteiger partial charge in [0.2, 0.25) is 17.7 Å². The maximum Gasteiger partial charge on any atom is 0.326 e. The number of rotatable bonds is 13. The van der Waals surface area contributed by atoms with Crippen molar-refractivity contribution in [3.8, 4) is 0 Å². The smallest absolute Gasteiger partial charge is 0.326 e. The van der Waals surface area contributed by atoms with E-state index >= 15 is 0 Å². The Morgan fingerprint density at radius 3 is 2.20 bits per heavy atom. The van der Waals surface area contributed by atoms with E-state index in [1.165, 1.54) is 11.8 Å². The third-order valence-corrected chi connectivity index (χ3v) is 5.40. The summed E-state index contributed by atoms with van der Waals surface area (Å²) in [6.07, 6.45) is 3.97. The molecule has 0 bridgehead atoms. The summed E-state index contributed by atoms with van der Waals surface area (Å²) in [6.45, 7) is 3.85. The third kappa shape index (κ3) is 8.88. The molecule has 0 aliphatic carbocycles. The van der Waals surface area contributed by atoms with Crippen molar-refractivity contribution in [2.75, 3.05) is 25.2 Å². The van der Waals surface area contributed by atoms with E-state index in [4.69, 9.17) is 0 Å². The first-order valence-electron chi connectivity index (χ1n) is 10.2. The number of hydrogen-bond acceptors (Lipinski definition) is 7. The third-order valence-electron chi connectivity index (χ3n) is 4.76. The summed E-state index contributed by atoms with van der Waals surface area (Å²) in [5, 5.41) is 29.4. The van der Waals surface area contributed by atoms with Gasteiger partial charge in [0.1, 0.15) is 18.1 Å². The predicted molar refractivity (Wildman–Crippen MR) is 114 cm³/mol. The van der Waals surface area contributed by atoms with Gasteiger partial charge in [0.15, 0.2) is 0 Å². The van der Waals surface area contributed by atoms with Crippen LogP contribution in [0.3, 0.4) is 0 Å². The van der Waals surface area contributed by atoms with E-state index < -0.39 is 42.5 Å². The topological polar surface area (TPSA) is 157 Å². The van der Waals surface area contributed by atoms with Crippen molar-refractivity contribution in [3.63, 3.8) is 0 Å². The van der Waals surface area contributed by atoms with Crippen molar-refractivity contribution in [1.29, 1.82) is 0 Å². The van der Waals surface area contributed by atoms with Crippen LogP contribution in [0.4, 0.5) is 0 Å². The van der Waals surface area contributed by atoms with Crippen LogP contribution in [0.25, 0.3) is 0 Å². The van der Waals surface area contributed by atoms with Crippen LogP contribution in [0.2, 0.25) is 0 Å². The molecule has 1 heterocycles. The molecule has 0 aromatic carbocycles. The SMILES string of the molecule is CSCCC(NC(=O)C(CO)NC(=O)C(CC(C)C)NC(=O)C1CCCN1)C(=O)O. The summed E-state index contributed by atoms with van der Waals surface area (Å²) in [4.78, 5) is 48.9. The average molecular weight is 447 g/mol. The molecule has 3 amide bonds. The highest BCUT2D eigenvalue weighted by molar-refractivity contribution is 7.98. The van der Waals surface area contributed by atoms with Gasteiger partial charge in [-0.15, -0.1) is 0 Å². The van der Waals surface area contributed by atoms with Gasteiger partial charge in [-0.05, 0) is 50.2 Å². The minimum absolute atomic E-state index is 0.0990. The standard InChI is InChI=1S/C19H34N4O6S/c1-11(2)9-14(22-16(25)12-5-4-7-20-12)17(26)23-15(10-24)18(27)21-13(19(28)29)6-8-30-3/h11-15,20,24H,4-10H2,1-3H3,(H,21,27)(H,22,25)(H,23,26)(H,28,29). The molecule has 1 rings (SSSR count). The molecule has 11 heteroatoms. The molecule has 0 aromatic heterocycles. The molecule has 0 saturated carbocycles. The van der Waals surface area contributed by atoms with Gasteiger partial charge in [-0.25, -0.2) is 4.79 Å². The van der Waals surface area contributed by atoms with Crippen LogP contribution in [0.15, 0.2) is 0 Å². The summed E-state index contributed by atoms with van der Waals surface area (Å²) in [5.41, 5.74) is 0. The molecular weight excluding hydrogens is 412 g/mol. The first-order chi connectivity index (χ1) is 14.2. The first kappa shape index (κ1) is 26.2. The molecule has 0 spiro atoms. The largest absolute Gasteiger partial charge is 0.480 e. The monoisotopic (exact) mass is 446 g/mol. The molecule has 10 nitrogen and oxygen atoms in total. The van der Waals surface area contributed by atoms with Crippen LogP contribution in [0, 0.1) is 5.92 Å². The molecule has 4 unspecified atom stereocenters. The van der Waals surface area contributed by atoms with Gasteiger partial charge in [0.25, 0.3) is 0 Å². The van der Waals surface area contributed by atoms with Gasteiger partial charge in [-0.2, -0.15) is 11.8 Å². The highest BCUT2D eigenvalue weighted by Crippen LogP contribution is 2.09. The number of aliphatic hydroxyl groups excluding tert-OH is 1. The van der Waals surface area contributed by atoms with Gasteiger partial charge < -0.3 is 31.5 Å². The fraction of sp³-hybridized carbons (Fsp3) is 0.789. The molecule has 0 aromatic rings. The number of hydrogen-bond donors (Lipinski definition) is 6. The molecule has 6 N–H and O–H groups in total. The van der Waals surface area contributed by atoms with Gasteiger partial charge in [-0.1, -0.05) is 13.8 Å². The second kappa shape index (κ2) is 13.5. The number of carbonyl (C=O) groups excluding carboxylic acids is 3. The summed E-state index contributed by atoms with van der Waals surface area (Å²) in [6, 6.07) is -3.65. The lowest BCUT2D eigenvalue weighted by molar-refractivity contribution is -0.142. The van der Waals surface area contributed by atoms with Gasteiger partial charge in [-0.3, -0.25) is 14.4 Å². The Kier molecular flexibility index (Phi) is 11.7. The van der Waals surface area contributed by atoms with E-state index in [-0.39, 0.29) is 24.3 Å². The Balaban J connectivity index is 2.75. The van der Waals surface area contributed by atoms with Gasteiger partial charge in [0, 0.05) is 0 Å². The van der Waals surface area contributed by atoms with Crippen LogP contribution >= 0.6 is 11.8 Å². The summed E-state index contributed by atoms with van der Waals surface area (Å²) < 4.78 is 0. The Labute approximate surface area is 181 Å². The highest BCUT2D eigenvalue weighted by atomic mass is 32.2. The molecule has 0 radical (unpaired) electrons. The second-order valence-corrected chi connectivity index (χ2v) is 8.75. The minimum Gasteiger partial charge on any atom is -0.480 e. The molecule has 172 valence electrons. The van der Waals surface area contributed by atoms with E-state index in [1.807, 2.05) is 20.1 Å². The maximum atomic E-state index is 12.7. The number of nitrogens with one attached hydrogen (secondary N) is 4. The second-order valence-electron chi connectivity index (χ2n) is 7.76. The fourth-order valence-corrected chi connectivity index (χ4v) is 3.59. The van der Waals surface area contributed by atoms with Crippen LogP contribution in [-0.4, -0.2) is 83.2 Å². The lowest BCUT2D eigenvalue weighted by Gasteiger charge is -2.25. The summed E-state index contributed by atoms with van der Waals surface area (Å²) in [5.74, 6) is -2.21. The number of thioether (sulfide) groups is 1. The van der Waals surface area contributed by atoms with Crippen molar-refractivity contribution in [3.05, 3.63) is 0 Å². The lowest BCUT2D eigenvalue weighted by Crippen LogP contribution is -2.58. The van der Waals surface area contributed by atoms with E-state index in [0.717, 1.165) is 13.0 Å². The van der Waals surface area contributed by atoms with Crippen LogP contribution in [-0.2, 0) is 19.2 Å². The van der Waals surface area contributed by atoms with Crippen LogP contribution in [0.5, 0.6) is 0 Å². The molecule has 1 saturated heterocycles. The van der Waals surface area contributed by atoms with E-state index in [9.17, 15) is 29.4 Å². The summed E-state index contributed by atoms with van der Waals surface area (Å²) >= 11 is 1.45. The molecular formula is C19H34N4O6S. The van der Waals surface area contributed by atoms with E-state index in [2.05, 4.69) is 21.3 Å². The van der Waals surface area contributed by atoms with Gasteiger partial charge in [0.05, 0.1) is 12.6 Å². The minimum atomic E-state index is -1.32. The molecule has 4 atom stereocenters. The maximum absolute atomic E-state index is 12.7. The van der Waals surface area contributed by atoms with E-state index in [0.29, 0.717) is 18.6 Å². The number of carboxylic acids is 1. The van der Waals surface area contributed by atoms with Crippen molar-refractivity contribution in [2.24, 2.45) is 5.92 Å². The Morgan fingerprint density at radius 2 is 1.70 bits per heavy atom. The quantitative estimate of drug-likeness (QED) is 0.212. The molecule has 30 heavy (non-hydrogen) atoms.